The van der Waals surface area contributed by atoms with E-state index in [2.05, 4.69) is 80.3 Å². The highest BCUT2D eigenvalue weighted by Crippen LogP contribution is 2.38. The molecule has 0 heterocycles. The Hall–Kier alpha value is -1.31. The Bertz CT molecular complexity index is 709. The van der Waals surface area contributed by atoms with Crippen molar-refractivity contribution in [2.75, 3.05) is 6.54 Å². The summed E-state index contributed by atoms with van der Waals surface area (Å²) in [6, 6.07) is 21.4. The second-order valence-electron chi connectivity index (χ2n) is 8.96. The number of halogens is 1. The van der Waals surface area contributed by atoms with Crippen molar-refractivity contribution in [1.82, 2.24) is 4.90 Å². The van der Waals surface area contributed by atoms with Crippen molar-refractivity contribution in [2.45, 2.75) is 89.1 Å². The van der Waals surface area contributed by atoms with Gasteiger partial charge in [-0.05, 0) is 69.1 Å². The summed E-state index contributed by atoms with van der Waals surface area (Å²) >= 11 is 6.51. The number of alkyl halides is 1. The number of nitrogens with zero attached hydrogens (tertiary/aromatic N) is 1. The van der Waals surface area contributed by atoms with Crippen LogP contribution in [0.15, 0.2) is 54.6 Å². The number of benzene rings is 2. The molecule has 0 radical (unpaired) electrons. The van der Waals surface area contributed by atoms with Crippen molar-refractivity contribution in [2.24, 2.45) is 0 Å². The van der Waals surface area contributed by atoms with Crippen LogP contribution in [0, 0.1) is 0 Å². The van der Waals surface area contributed by atoms with Crippen molar-refractivity contribution >= 4 is 11.6 Å². The molecular formula is C27H38ClN. The quantitative estimate of drug-likeness (QED) is 0.373. The van der Waals surface area contributed by atoms with Gasteiger partial charge in [0.2, 0.25) is 0 Å². The number of hydrogen-bond acceptors (Lipinski definition) is 1. The molecule has 0 spiro atoms. The van der Waals surface area contributed by atoms with Crippen LogP contribution in [0.4, 0.5) is 0 Å². The molecule has 1 aliphatic carbocycles. The Kier molecular flexibility index (Phi) is 8.63. The van der Waals surface area contributed by atoms with Gasteiger partial charge in [0.05, 0.1) is 0 Å². The highest BCUT2D eigenvalue weighted by atomic mass is 35.5. The Morgan fingerprint density at radius 2 is 1.62 bits per heavy atom. The monoisotopic (exact) mass is 411 g/mol. The molecule has 3 unspecified atom stereocenters. The van der Waals surface area contributed by atoms with Crippen LogP contribution >= 0.6 is 11.6 Å². The maximum atomic E-state index is 6.51. The van der Waals surface area contributed by atoms with Gasteiger partial charge in [-0.2, -0.15) is 0 Å². The zero-order valence-corrected chi connectivity index (χ0v) is 19.2. The van der Waals surface area contributed by atoms with Gasteiger partial charge >= 0.3 is 0 Å². The van der Waals surface area contributed by atoms with Crippen LogP contribution in [0.3, 0.4) is 0 Å². The average molecular weight is 412 g/mol. The van der Waals surface area contributed by atoms with Crippen molar-refractivity contribution in [3.63, 3.8) is 0 Å². The molecule has 1 aliphatic rings. The third-order valence-corrected chi connectivity index (χ3v) is 7.23. The fourth-order valence-electron chi connectivity index (χ4n) is 4.92. The van der Waals surface area contributed by atoms with Gasteiger partial charge in [-0.1, -0.05) is 67.9 Å². The van der Waals surface area contributed by atoms with Crippen LogP contribution in [0.1, 0.15) is 75.5 Å². The highest BCUT2D eigenvalue weighted by molar-refractivity contribution is 6.21. The van der Waals surface area contributed by atoms with Gasteiger partial charge in [0, 0.05) is 29.9 Å². The lowest BCUT2D eigenvalue weighted by molar-refractivity contribution is 0.143. The zero-order chi connectivity index (χ0) is 20.6. The van der Waals surface area contributed by atoms with Crippen LogP contribution < -0.4 is 0 Å². The molecule has 1 saturated carbocycles. The molecule has 0 bridgehead atoms. The summed E-state index contributed by atoms with van der Waals surface area (Å²) in [5, 5.41) is 0.328. The molecule has 2 aromatic carbocycles. The number of aryl methyl sites for hydroxylation is 1. The molecule has 0 saturated heterocycles. The first-order valence-corrected chi connectivity index (χ1v) is 12.0. The normalized spacial score (nSPS) is 20.5. The highest BCUT2D eigenvalue weighted by Gasteiger charge is 2.26. The molecule has 29 heavy (non-hydrogen) atoms. The van der Waals surface area contributed by atoms with Crippen molar-refractivity contribution < 1.29 is 0 Å². The molecule has 1 nitrogen and oxygen atoms in total. The molecule has 3 rings (SSSR count). The van der Waals surface area contributed by atoms with Crippen LogP contribution in [-0.4, -0.2) is 28.9 Å². The van der Waals surface area contributed by atoms with E-state index in [-0.39, 0.29) is 0 Å². The standard InChI is InChI=1S/C27H38ClN/c1-4-25(29(21(2)3)20-19-22-9-6-5-7-10-22)18-15-23-13-16-24(17-14-23)26-11-8-12-27(26)28/h5-7,9-10,13-14,16-17,21,25-27H,4,8,11-12,15,18-20H2,1-3H3. The van der Waals surface area contributed by atoms with Gasteiger partial charge in [0.1, 0.15) is 0 Å². The second kappa shape index (κ2) is 11.2. The lowest BCUT2D eigenvalue weighted by Gasteiger charge is -2.35. The van der Waals surface area contributed by atoms with Gasteiger partial charge in [-0.15, -0.1) is 11.6 Å². The summed E-state index contributed by atoms with van der Waals surface area (Å²) in [4.78, 5) is 2.71. The Morgan fingerprint density at radius 3 is 2.21 bits per heavy atom. The van der Waals surface area contributed by atoms with Crippen LogP contribution in [0.5, 0.6) is 0 Å². The van der Waals surface area contributed by atoms with Gasteiger partial charge in [0.15, 0.2) is 0 Å². The average Bonchev–Trinajstić information content (AvgIpc) is 3.17. The minimum Gasteiger partial charge on any atom is -0.298 e. The van der Waals surface area contributed by atoms with E-state index in [1.165, 1.54) is 48.8 Å². The molecule has 1 fully saturated rings. The van der Waals surface area contributed by atoms with Gasteiger partial charge < -0.3 is 0 Å². The van der Waals surface area contributed by atoms with Crippen LogP contribution in [-0.2, 0) is 12.8 Å². The second-order valence-corrected chi connectivity index (χ2v) is 9.52. The minimum atomic E-state index is 0.328. The van der Waals surface area contributed by atoms with Crippen molar-refractivity contribution in [1.29, 1.82) is 0 Å². The minimum absolute atomic E-state index is 0.328. The largest absolute Gasteiger partial charge is 0.298 e. The van der Waals surface area contributed by atoms with E-state index in [4.69, 9.17) is 11.6 Å². The number of rotatable bonds is 10. The van der Waals surface area contributed by atoms with E-state index in [0.717, 1.165) is 19.4 Å². The van der Waals surface area contributed by atoms with Gasteiger partial charge in [-0.25, -0.2) is 0 Å². The van der Waals surface area contributed by atoms with E-state index < -0.39 is 0 Å². The van der Waals surface area contributed by atoms with Crippen molar-refractivity contribution in [3.8, 4) is 0 Å². The summed E-state index contributed by atoms with van der Waals surface area (Å²) < 4.78 is 0. The third kappa shape index (κ3) is 6.33. The van der Waals surface area contributed by atoms with E-state index in [0.29, 0.717) is 23.4 Å². The maximum absolute atomic E-state index is 6.51. The van der Waals surface area contributed by atoms with E-state index in [9.17, 15) is 0 Å². The fourth-order valence-corrected chi connectivity index (χ4v) is 5.35. The molecule has 3 atom stereocenters. The molecule has 2 aromatic rings. The first-order chi connectivity index (χ1) is 14.1. The fraction of sp³-hybridized carbons (Fsp3) is 0.556. The third-order valence-electron chi connectivity index (χ3n) is 6.71. The molecule has 0 aliphatic heterocycles. The molecule has 2 heteroatoms. The predicted octanol–water partition coefficient (Wildman–Crippen LogP) is 7.23. The Labute approximate surface area is 183 Å². The summed E-state index contributed by atoms with van der Waals surface area (Å²) in [7, 11) is 0. The van der Waals surface area contributed by atoms with Gasteiger partial charge in [0.25, 0.3) is 0 Å². The van der Waals surface area contributed by atoms with E-state index in [1.807, 2.05) is 0 Å². The first kappa shape index (κ1) is 22.4. The Balaban J connectivity index is 1.56. The van der Waals surface area contributed by atoms with E-state index >= 15 is 0 Å². The van der Waals surface area contributed by atoms with E-state index in [1.54, 1.807) is 0 Å². The summed E-state index contributed by atoms with van der Waals surface area (Å²) in [5.41, 5.74) is 4.33. The van der Waals surface area contributed by atoms with Crippen LogP contribution in [0.2, 0.25) is 0 Å². The lowest BCUT2D eigenvalue weighted by atomic mass is 9.94. The molecule has 158 valence electrons. The smallest absolute Gasteiger partial charge is 0.0404 e. The molecule has 0 N–H and O–H groups in total. The summed E-state index contributed by atoms with van der Waals surface area (Å²) in [5.74, 6) is 0.559. The molecule has 0 amide bonds. The number of hydrogen-bond donors (Lipinski definition) is 0. The zero-order valence-electron chi connectivity index (χ0n) is 18.5. The molecular weight excluding hydrogens is 374 g/mol. The summed E-state index contributed by atoms with van der Waals surface area (Å²) in [6.07, 6.45) is 8.40. The van der Waals surface area contributed by atoms with Crippen LogP contribution in [0.25, 0.3) is 0 Å². The summed E-state index contributed by atoms with van der Waals surface area (Å²) in [6.45, 7) is 8.16. The lowest BCUT2D eigenvalue weighted by Crippen LogP contribution is -2.41. The van der Waals surface area contributed by atoms with Crippen molar-refractivity contribution in [3.05, 3.63) is 71.3 Å². The Morgan fingerprint density at radius 1 is 0.931 bits per heavy atom. The SMILES string of the molecule is CCC(CCc1ccc(C2CCCC2Cl)cc1)N(CCc1ccccc1)C(C)C. The first-order valence-electron chi connectivity index (χ1n) is 11.6. The molecule has 0 aromatic heterocycles. The maximum Gasteiger partial charge on any atom is 0.0404 e. The van der Waals surface area contributed by atoms with Gasteiger partial charge in [-0.3, -0.25) is 4.90 Å². The topological polar surface area (TPSA) is 3.24 Å². The predicted molar refractivity (Wildman–Crippen MR) is 127 cm³/mol.